The maximum atomic E-state index is 12.7. The average molecular weight is 428 g/mol. The van der Waals surface area contributed by atoms with Crippen LogP contribution in [-0.4, -0.2) is 27.3 Å². The molecule has 1 amide bonds. The number of pyridine rings is 1. The number of thiophene rings is 1. The van der Waals surface area contributed by atoms with Crippen molar-refractivity contribution in [2.24, 2.45) is 0 Å². The topological polar surface area (TPSA) is 69.0 Å². The number of hydrogen-bond acceptors (Lipinski definition) is 5. The van der Waals surface area contributed by atoms with Gasteiger partial charge < -0.3 is 10.1 Å². The third kappa shape index (κ3) is 4.02. The molecule has 0 spiro atoms. The smallest absolute Gasteiger partial charge is 0.387 e. The third-order valence-corrected chi connectivity index (χ3v) is 5.42. The molecule has 4 rings (SSSR count). The summed E-state index contributed by atoms with van der Waals surface area (Å²) in [5, 5.41) is 9.99. The van der Waals surface area contributed by atoms with Gasteiger partial charge in [-0.2, -0.15) is 13.9 Å². The van der Waals surface area contributed by atoms with E-state index < -0.39 is 12.5 Å². The Morgan fingerprint density at radius 1 is 1.27 bits per heavy atom. The molecule has 9 heteroatoms. The van der Waals surface area contributed by atoms with Crippen molar-refractivity contribution < 1.29 is 18.3 Å². The van der Waals surface area contributed by atoms with Crippen molar-refractivity contribution in [3.63, 3.8) is 0 Å². The Bertz CT molecular complexity index is 1210. The lowest BCUT2D eigenvalue weighted by Gasteiger charge is -2.13. The molecule has 1 N–H and O–H groups in total. The first-order valence-corrected chi connectivity index (χ1v) is 10.0. The van der Waals surface area contributed by atoms with Crippen LogP contribution >= 0.6 is 11.3 Å². The lowest BCUT2D eigenvalue weighted by Crippen LogP contribution is -2.20. The highest BCUT2D eigenvalue weighted by Gasteiger charge is 2.18. The molecule has 154 valence electrons. The highest BCUT2D eigenvalue weighted by atomic mass is 32.1. The number of ether oxygens (including phenoxy) is 1. The number of amides is 1. The fourth-order valence-electron chi connectivity index (χ4n) is 3.29. The Morgan fingerprint density at radius 2 is 2.10 bits per heavy atom. The second-order valence-electron chi connectivity index (χ2n) is 6.70. The molecule has 0 atom stereocenters. The molecule has 6 nitrogen and oxygen atoms in total. The first kappa shape index (κ1) is 20.0. The van der Waals surface area contributed by atoms with Crippen molar-refractivity contribution in [2.75, 3.05) is 5.32 Å². The number of hydrogen-bond donors (Lipinski definition) is 1. The number of nitrogens with one attached hydrogen (secondary N) is 1. The predicted octanol–water partition coefficient (Wildman–Crippen LogP) is 5.02. The van der Waals surface area contributed by atoms with Crippen LogP contribution in [0.5, 0.6) is 5.75 Å². The van der Waals surface area contributed by atoms with Crippen LogP contribution in [0.15, 0.2) is 48.0 Å². The Morgan fingerprint density at radius 3 is 2.83 bits per heavy atom. The van der Waals surface area contributed by atoms with E-state index in [-0.39, 0.29) is 18.0 Å². The summed E-state index contributed by atoms with van der Waals surface area (Å²) >= 11 is 1.61. The van der Waals surface area contributed by atoms with E-state index in [0.29, 0.717) is 5.65 Å². The Kier molecular flexibility index (Phi) is 5.45. The Hall–Kier alpha value is -3.33. The number of nitrogens with zero attached hydrogens (tertiary/aromatic N) is 3. The largest absolute Gasteiger partial charge is 0.433 e. The maximum Gasteiger partial charge on any atom is 0.387 e. The summed E-state index contributed by atoms with van der Waals surface area (Å²) in [6.07, 6.45) is 1.68. The Labute approximate surface area is 175 Å². The fraction of sp³-hybridized carbons (Fsp3) is 0.190. The second kappa shape index (κ2) is 8.19. The van der Waals surface area contributed by atoms with Crippen molar-refractivity contribution in [2.45, 2.75) is 27.0 Å². The van der Waals surface area contributed by atoms with Gasteiger partial charge in [-0.3, -0.25) is 4.79 Å². The number of aromatic nitrogens is 3. The number of benzene rings is 1. The monoisotopic (exact) mass is 428 g/mol. The molecule has 30 heavy (non-hydrogen) atoms. The summed E-state index contributed by atoms with van der Waals surface area (Å²) < 4.78 is 31.3. The van der Waals surface area contributed by atoms with Gasteiger partial charge in [0.25, 0.3) is 0 Å². The third-order valence-electron chi connectivity index (χ3n) is 4.51. The van der Waals surface area contributed by atoms with Gasteiger partial charge in [0.2, 0.25) is 5.91 Å². The summed E-state index contributed by atoms with van der Waals surface area (Å²) in [7, 11) is 0. The van der Waals surface area contributed by atoms with Crippen molar-refractivity contribution in [1.29, 1.82) is 0 Å². The molecule has 0 aliphatic carbocycles. The van der Waals surface area contributed by atoms with Crippen LogP contribution in [0.3, 0.4) is 0 Å². The zero-order chi connectivity index (χ0) is 21.3. The van der Waals surface area contributed by atoms with Gasteiger partial charge in [0, 0.05) is 16.6 Å². The van der Waals surface area contributed by atoms with Crippen LogP contribution in [0.25, 0.3) is 21.5 Å². The van der Waals surface area contributed by atoms with Gasteiger partial charge in [-0.25, -0.2) is 9.67 Å². The van der Waals surface area contributed by atoms with Gasteiger partial charge in [-0.05, 0) is 49.1 Å². The standard InChI is InChI=1S/C21H18F2N4O2S/c1-12-5-6-16(29-21(22)23)15(10-12)25-18(28)11-27-20-19(13(2)26-27)14(7-8-24-20)17-4-3-9-30-17/h3-10,21H,11H2,1-2H3,(H,25,28). The molecule has 3 aromatic heterocycles. The van der Waals surface area contributed by atoms with E-state index in [1.165, 1.54) is 10.7 Å². The molecule has 0 unspecified atom stereocenters. The van der Waals surface area contributed by atoms with Gasteiger partial charge in [0.1, 0.15) is 12.3 Å². The van der Waals surface area contributed by atoms with Crippen molar-refractivity contribution in [3.8, 4) is 16.2 Å². The Balaban J connectivity index is 1.62. The summed E-state index contributed by atoms with van der Waals surface area (Å²) in [5.41, 5.74) is 3.33. The van der Waals surface area contributed by atoms with E-state index in [0.717, 1.165) is 27.1 Å². The lowest BCUT2D eigenvalue weighted by molar-refractivity contribution is -0.116. The summed E-state index contributed by atoms with van der Waals surface area (Å²) in [6, 6.07) is 10.5. The highest BCUT2D eigenvalue weighted by Crippen LogP contribution is 2.33. The summed E-state index contributed by atoms with van der Waals surface area (Å²) in [5.74, 6) is -0.518. The van der Waals surface area contributed by atoms with Crippen molar-refractivity contribution >= 4 is 34.0 Å². The van der Waals surface area contributed by atoms with E-state index >= 15 is 0 Å². The zero-order valence-corrected chi connectivity index (χ0v) is 17.0. The maximum absolute atomic E-state index is 12.7. The van der Waals surface area contributed by atoms with E-state index in [1.807, 2.05) is 30.5 Å². The summed E-state index contributed by atoms with van der Waals surface area (Å²) in [6.45, 7) is 0.557. The molecule has 4 aromatic rings. The lowest BCUT2D eigenvalue weighted by atomic mass is 10.1. The van der Waals surface area contributed by atoms with Crippen LogP contribution < -0.4 is 10.1 Å². The fourth-order valence-corrected chi connectivity index (χ4v) is 4.05. The molecule has 0 saturated carbocycles. The molecule has 0 saturated heterocycles. The number of rotatable bonds is 6. The number of halogens is 2. The first-order chi connectivity index (χ1) is 14.4. The number of anilines is 1. The molecule has 0 aliphatic rings. The molecular weight excluding hydrogens is 410 g/mol. The van der Waals surface area contributed by atoms with Gasteiger partial charge in [-0.1, -0.05) is 12.1 Å². The van der Waals surface area contributed by atoms with Crippen LogP contribution in [0.1, 0.15) is 11.3 Å². The van der Waals surface area contributed by atoms with E-state index in [1.54, 1.807) is 36.6 Å². The van der Waals surface area contributed by atoms with E-state index in [9.17, 15) is 13.6 Å². The van der Waals surface area contributed by atoms with E-state index in [4.69, 9.17) is 0 Å². The predicted molar refractivity (Wildman–Crippen MR) is 112 cm³/mol. The average Bonchev–Trinajstić information content (AvgIpc) is 3.33. The normalized spacial score (nSPS) is 11.2. The molecule has 0 radical (unpaired) electrons. The highest BCUT2D eigenvalue weighted by molar-refractivity contribution is 7.13. The van der Waals surface area contributed by atoms with Crippen LogP contribution in [0.4, 0.5) is 14.5 Å². The van der Waals surface area contributed by atoms with Gasteiger partial charge in [-0.15, -0.1) is 11.3 Å². The number of aryl methyl sites for hydroxylation is 2. The molecule has 0 aliphatic heterocycles. The number of alkyl halides is 2. The quantitative estimate of drug-likeness (QED) is 0.468. The summed E-state index contributed by atoms with van der Waals surface area (Å²) in [4.78, 5) is 18.1. The minimum absolute atomic E-state index is 0.0939. The molecule has 0 fully saturated rings. The van der Waals surface area contributed by atoms with Crippen molar-refractivity contribution in [3.05, 3.63) is 59.2 Å². The zero-order valence-electron chi connectivity index (χ0n) is 16.2. The SMILES string of the molecule is Cc1ccc(OC(F)F)c(NC(=O)Cn2nc(C)c3c(-c4cccs4)ccnc32)c1. The van der Waals surface area contributed by atoms with Crippen LogP contribution in [0.2, 0.25) is 0 Å². The number of fused-ring (bicyclic) bond motifs is 1. The van der Waals surface area contributed by atoms with Gasteiger partial charge >= 0.3 is 6.61 Å². The van der Waals surface area contributed by atoms with Crippen LogP contribution in [0, 0.1) is 13.8 Å². The molecule has 0 bridgehead atoms. The molecular formula is C21H18F2N4O2S. The van der Waals surface area contributed by atoms with Crippen LogP contribution in [-0.2, 0) is 11.3 Å². The number of carbonyl (C=O) groups is 1. The minimum atomic E-state index is -2.99. The molecule has 1 aromatic carbocycles. The second-order valence-corrected chi connectivity index (χ2v) is 7.65. The van der Waals surface area contributed by atoms with Gasteiger partial charge in [0.05, 0.1) is 16.8 Å². The van der Waals surface area contributed by atoms with E-state index in [2.05, 4.69) is 20.1 Å². The minimum Gasteiger partial charge on any atom is -0.433 e. The number of carbonyl (C=O) groups excluding carboxylic acids is 1. The first-order valence-electron chi connectivity index (χ1n) is 9.13. The van der Waals surface area contributed by atoms with Crippen molar-refractivity contribution in [1.82, 2.24) is 14.8 Å². The molecule has 3 heterocycles. The van der Waals surface area contributed by atoms with Gasteiger partial charge in [0.15, 0.2) is 5.65 Å².